The third-order valence-corrected chi connectivity index (χ3v) is 18.1. The van der Waals surface area contributed by atoms with E-state index in [1.807, 2.05) is 175 Å². The fraction of sp³-hybridized carbons (Fsp3) is 0.338. The molecule has 14 rings (SSSR count). The van der Waals surface area contributed by atoms with Crippen LogP contribution in [0, 0.1) is 33.8 Å². The minimum Gasteiger partial charge on any atom is -0.429 e. The van der Waals surface area contributed by atoms with Gasteiger partial charge in [-0.05, 0) is 173 Å². The van der Waals surface area contributed by atoms with E-state index in [9.17, 15) is 43.2 Å². The molecule has 8 aromatic rings. The maximum atomic E-state index is 12.4. The second-order valence-electron chi connectivity index (χ2n) is 27.4. The summed E-state index contributed by atoms with van der Waals surface area (Å²) in [6, 6.07) is 36.4. The van der Waals surface area contributed by atoms with Crippen LogP contribution in [0.3, 0.4) is 0 Å². The number of carbonyl (C=O) groups is 9. The second-order valence-corrected chi connectivity index (χ2v) is 27.4. The van der Waals surface area contributed by atoms with Gasteiger partial charge in [0.15, 0.2) is 5.78 Å². The molecule has 0 saturated heterocycles. The molecular formula is C77H85N11O14Y2-2. The standard InChI is InChI=1S/C15H17N3O2.C14H16N2O3.C13H13N3O2.C11H11NO3.C11H13NO.C10H10NO.C2H5.CO2.2Y/c1-5-18-12-8-10(13-17-16-9(2)20-13)6-7-11(12)15(3,4)14(18)19;1-8(17)15-7-12(18)9-4-5-10-11(6-9)16-13(19)14(10,2)3;1-7-15-16-11(18-7)8-4-5-9-10(6-8)14-12(17)13(9,2)3;1-11(2)8-4-3-7(15-6-13)5-9(8)12-10(11)14;1-7-4-5-8-9(6-7)12-10(13)11(8,2)3;1-10(2)7-5-3-4-6-8(7)11-9(10)12;1-2;2-1-3;;/h6-8H,5H2,1-4H3;4-6H,7H2,1-3H3,(H,15,17)(H,16,19);4-6H,1-3H3,(H,14,17);3-6H,1-2H3,(H,12,14);4-6H,1-3H3,(H,12,13);3,5-6H,1-2H3,(H,11,12);1H2,2H3;;;/q;;;;;2*-1;;;. The van der Waals surface area contributed by atoms with Crippen molar-refractivity contribution in [3.05, 3.63) is 178 Å². The first-order valence-electron chi connectivity index (χ1n) is 32.6. The van der Waals surface area contributed by atoms with Crippen molar-refractivity contribution in [2.75, 3.05) is 44.6 Å². The van der Waals surface area contributed by atoms with Crippen LogP contribution in [0.1, 0.15) is 165 Å². The van der Waals surface area contributed by atoms with Crippen LogP contribution in [0.15, 0.2) is 118 Å². The summed E-state index contributed by atoms with van der Waals surface area (Å²) in [5, 5.41) is 32.2. The molecule has 2 radical (unpaired) electrons. The zero-order chi connectivity index (χ0) is 75.8. The molecule has 27 heteroatoms. The molecule has 0 fully saturated rings. The van der Waals surface area contributed by atoms with Gasteiger partial charge >= 0.3 is 6.15 Å². The number of likely N-dealkylation sites (N-methyl/N-ethyl adjacent to an activating group) is 1. The molecule has 0 bridgehead atoms. The number of carbonyl (C=O) groups excluding carboxylic acids is 11. The summed E-state index contributed by atoms with van der Waals surface area (Å²) in [6.07, 6.45) is 0.250. The number of hydrogen-bond acceptors (Lipinski definition) is 18. The van der Waals surface area contributed by atoms with Gasteiger partial charge in [-0.15, -0.1) is 26.0 Å². The first-order valence-corrected chi connectivity index (χ1v) is 32.6. The van der Waals surface area contributed by atoms with Gasteiger partial charge in [0.25, 0.3) is 6.47 Å². The molecule has 0 spiro atoms. The molecule has 0 unspecified atom stereocenters. The molecule has 25 nitrogen and oxygen atoms in total. The van der Waals surface area contributed by atoms with Gasteiger partial charge < -0.3 is 57.3 Å². The summed E-state index contributed by atoms with van der Waals surface area (Å²) in [7, 11) is 0. The van der Waals surface area contributed by atoms with Crippen molar-refractivity contribution in [2.45, 2.75) is 157 Å². The molecule has 6 aliphatic heterocycles. The largest absolute Gasteiger partial charge is 0.429 e. The van der Waals surface area contributed by atoms with Crippen molar-refractivity contribution in [3.63, 3.8) is 0 Å². The number of rotatable bonds is 8. The zero-order valence-electron chi connectivity index (χ0n) is 61.7. The van der Waals surface area contributed by atoms with Gasteiger partial charge in [-0.1, -0.05) is 48.2 Å². The number of Topliss-reactive ketones (excluding diaryl/α,β-unsaturated/α-hetero) is 1. The number of benzene rings is 6. The maximum absolute atomic E-state index is 12.4. The predicted octanol–water partition coefficient (Wildman–Crippen LogP) is 11.8. The second kappa shape index (κ2) is 34.5. The van der Waals surface area contributed by atoms with Crippen LogP contribution in [0.25, 0.3) is 22.9 Å². The molecule has 540 valence electrons. The molecule has 7 amide bonds. The summed E-state index contributed by atoms with van der Waals surface area (Å²) < 4.78 is 15.5. The zero-order valence-corrected chi connectivity index (χ0v) is 67.4. The molecule has 6 aromatic carbocycles. The van der Waals surface area contributed by atoms with Crippen molar-refractivity contribution in [3.8, 4) is 28.7 Å². The Morgan fingerprint density at radius 1 is 0.538 bits per heavy atom. The van der Waals surface area contributed by atoms with Crippen LogP contribution in [0.5, 0.6) is 5.75 Å². The summed E-state index contributed by atoms with van der Waals surface area (Å²) in [5.41, 5.74) is 11.5. The molecule has 0 atom stereocenters. The summed E-state index contributed by atoms with van der Waals surface area (Å²) in [6.45, 7) is 37.7. The van der Waals surface area contributed by atoms with Gasteiger partial charge in [0.1, 0.15) is 5.75 Å². The SMILES string of the molecule is CC(=O)NCC(=O)c1ccc2c(c1)NC(=O)C2(C)C.CC1(C)C(=O)Nc2c[c-]ccc21.CC1(C)C(=O)Nc2cc(OC=O)ccc21.CCN1C(=O)C(C)(C)c2ccc(-c3nnc(C)o3)cc21.Cc1ccc2c(c1)NC(=O)C2(C)C.Cc1nnc(-c2ccc3c(c2)NC(=O)C3(C)C)o1.O=C=O.[CH2-]C.[Y].[Y]. The number of hydrogen-bond donors (Lipinski definition) is 6. The van der Waals surface area contributed by atoms with Crippen molar-refractivity contribution in [1.82, 2.24) is 25.7 Å². The van der Waals surface area contributed by atoms with Crippen molar-refractivity contribution in [2.24, 2.45) is 0 Å². The number of aromatic nitrogens is 4. The van der Waals surface area contributed by atoms with E-state index < -0.39 is 21.7 Å². The molecule has 8 heterocycles. The fourth-order valence-electron chi connectivity index (χ4n) is 11.8. The number of aryl methyl sites for hydroxylation is 3. The van der Waals surface area contributed by atoms with Crippen molar-refractivity contribution in [1.29, 1.82) is 0 Å². The fourth-order valence-corrected chi connectivity index (χ4v) is 11.8. The number of nitrogens with one attached hydrogen (secondary N) is 6. The van der Waals surface area contributed by atoms with Gasteiger partial charge in [-0.2, -0.15) is 40.8 Å². The summed E-state index contributed by atoms with van der Waals surface area (Å²) in [5.74, 6) is 2.19. The number of amides is 7. The van der Waals surface area contributed by atoms with E-state index in [-0.39, 0.29) is 136 Å². The van der Waals surface area contributed by atoms with E-state index in [1.165, 1.54) is 12.5 Å². The summed E-state index contributed by atoms with van der Waals surface area (Å²) >= 11 is 0. The van der Waals surface area contributed by atoms with Gasteiger partial charge in [0, 0.05) is 149 Å². The molecule has 6 aliphatic rings. The Morgan fingerprint density at radius 2 is 0.933 bits per heavy atom. The van der Waals surface area contributed by atoms with Crippen molar-refractivity contribution < 1.29 is 132 Å². The Hall–Kier alpha value is -9.38. The van der Waals surface area contributed by atoms with Crippen molar-refractivity contribution >= 4 is 93.9 Å². The Balaban J connectivity index is 0.000000222. The molecule has 104 heavy (non-hydrogen) atoms. The third-order valence-electron chi connectivity index (χ3n) is 18.1. The van der Waals surface area contributed by atoms with E-state index >= 15 is 0 Å². The number of fused-ring (bicyclic) bond motifs is 6. The Bertz CT molecular complexity index is 4640. The van der Waals surface area contributed by atoms with E-state index in [0.29, 0.717) is 59.3 Å². The normalized spacial score (nSPS) is 15.9. The molecular weight excluding hydrogens is 1480 g/mol. The van der Waals surface area contributed by atoms with Crippen LogP contribution in [0.2, 0.25) is 0 Å². The quantitative estimate of drug-likeness (QED) is 0.0467. The topological polar surface area (TPSA) is 350 Å². The molecule has 6 N–H and O–H groups in total. The van der Waals surface area contributed by atoms with Crippen LogP contribution >= 0.6 is 0 Å². The van der Waals surface area contributed by atoms with E-state index in [4.69, 9.17) is 23.2 Å². The van der Waals surface area contributed by atoms with Crippen LogP contribution in [-0.2, 0) is 146 Å². The average Bonchev–Trinajstić information content (AvgIpc) is 1.61. The molecule has 0 aliphatic carbocycles. The van der Waals surface area contributed by atoms with Gasteiger partial charge in [-0.25, -0.2) is 0 Å². The monoisotopic (exact) mass is 1570 g/mol. The number of ether oxygens (including phenoxy) is 1. The molecule has 0 saturated carbocycles. The maximum Gasteiger partial charge on any atom is 0.373 e. The number of nitrogens with zero attached hydrogens (tertiary/aromatic N) is 5. The van der Waals surface area contributed by atoms with Gasteiger partial charge in [-0.3, -0.25) is 43.2 Å². The smallest absolute Gasteiger partial charge is 0.373 e. The number of anilines is 6. The Kier molecular flexibility index (Phi) is 28.3. The third kappa shape index (κ3) is 18.2. The minimum absolute atomic E-state index is 0. The minimum atomic E-state index is -0.575. The average molecular weight is 1570 g/mol. The predicted molar refractivity (Wildman–Crippen MR) is 383 cm³/mol. The van der Waals surface area contributed by atoms with E-state index in [1.54, 1.807) is 57.2 Å². The first kappa shape index (κ1) is 85.3. The number of ketones is 1. The Labute approximate surface area is 654 Å². The van der Waals surface area contributed by atoms with Crippen LogP contribution < -0.4 is 41.5 Å². The summed E-state index contributed by atoms with van der Waals surface area (Å²) in [4.78, 5) is 122. The van der Waals surface area contributed by atoms with Gasteiger partial charge in [0.2, 0.25) is 64.9 Å². The van der Waals surface area contributed by atoms with Gasteiger partial charge in [0.05, 0.1) is 33.6 Å². The van der Waals surface area contributed by atoms with Crippen LogP contribution in [0.4, 0.5) is 34.1 Å². The van der Waals surface area contributed by atoms with E-state index in [0.717, 1.165) is 67.3 Å². The van der Waals surface area contributed by atoms with Crippen LogP contribution in [-0.4, -0.2) is 93.2 Å². The van der Waals surface area contributed by atoms with E-state index in [2.05, 4.69) is 65.3 Å². The molecule has 2 aromatic heterocycles. The first-order chi connectivity index (χ1) is 47.9. The Morgan fingerprint density at radius 3 is 1.37 bits per heavy atom.